The van der Waals surface area contributed by atoms with Crippen LogP contribution in [0.1, 0.15) is 34.1 Å². The van der Waals surface area contributed by atoms with Crippen LogP contribution in [0, 0.1) is 0 Å². The summed E-state index contributed by atoms with van der Waals surface area (Å²) in [6.45, 7) is 11.5. The lowest BCUT2D eigenvalue weighted by Crippen LogP contribution is -2.42. The van der Waals surface area contributed by atoms with Crippen LogP contribution in [0.3, 0.4) is 0 Å². The molecule has 0 heterocycles. The number of aliphatic imine (C=N–C) groups is 1. The van der Waals surface area contributed by atoms with Gasteiger partial charge in [-0.2, -0.15) is 0 Å². The second-order valence-electron chi connectivity index (χ2n) is 6.57. The SMILES string of the molecule is CN=C(NCCCN(C(C)C)C(C)C)NCCS(=O)c1ccccc1. The molecule has 0 aliphatic rings. The maximum atomic E-state index is 12.2. The highest BCUT2D eigenvalue weighted by Gasteiger charge is 2.12. The smallest absolute Gasteiger partial charge is 0.191 e. The van der Waals surface area contributed by atoms with Gasteiger partial charge in [0.1, 0.15) is 0 Å². The van der Waals surface area contributed by atoms with Crippen molar-refractivity contribution < 1.29 is 4.21 Å². The summed E-state index contributed by atoms with van der Waals surface area (Å²) >= 11 is 0. The molecule has 1 aromatic carbocycles. The largest absolute Gasteiger partial charge is 0.356 e. The van der Waals surface area contributed by atoms with E-state index < -0.39 is 10.8 Å². The molecule has 0 aliphatic heterocycles. The van der Waals surface area contributed by atoms with Crippen molar-refractivity contribution in [3.05, 3.63) is 30.3 Å². The third kappa shape index (κ3) is 8.50. The summed E-state index contributed by atoms with van der Waals surface area (Å²) in [6, 6.07) is 10.7. The number of nitrogens with zero attached hydrogens (tertiary/aromatic N) is 2. The van der Waals surface area contributed by atoms with E-state index in [1.165, 1.54) is 0 Å². The first-order chi connectivity index (χ1) is 12.0. The van der Waals surface area contributed by atoms with Crippen molar-refractivity contribution in [1.82, 2.24) is 15.5 Å². The van der Waals surface area contributed by atoms with Gasteiger partial charge in [-0.25, -0.2) is 0 Å². The Hall–Kier alpha value is -1.40. The van der Waals surface area contributed by atoms with Crippen LogP contribution in [0.4, 0.5) is 0 Å². The maximum absolute atomic E-state index is 12.2. The highest BCUT2D eigenvalue weighted by atomic mass is 32.2. The number of benzene rings is 1. The van der Waals surface area contributed by atoms with Crippen molar-refractivity contribution >= 4 is 16.8 Å². The Bertz CT molecular complexity index is 523. The third-order valence-corrected chi connectivity index (χ3v) is 5.39. The summed E-state index contributed by atoms with van der Waals surface area (Å²) in [7, 11) is 0.784. The fraction of sp³-hybridized carbons (Fsp3) is 0.632. The normalized spacial score (nSPS) is 13.5. The predicted octanol–water partition coefficient (Wildman–Crippen LogP) is 2.47. The zero-order chi connectivity index (χ0) is 18.7. The zero-order valence-corrected chi connectivity index (χ0v) is 17.1. The van der Waals surface area contributed by atoms with Crippen molar-refractivity contribution in [2.24, 2.45) is 4.99 Å². The van der Waals surface area contributed by atoms with Crippen molar-refractivity contribution in [1.29, 1.82) is 0 Å². The highest BCUT2D eigenvalue weighted by Crippen LogP contribution is 2.05. The molecule has 1 rings (SSSR count). The first kappa shape index (κ1) is 21.6. The van der Waals surface area contributed by atoms with Crippen molar-refractivity contribution in [3.8, 4) is 0 Å². The lowest BCUT2D eigenvalue weighted by Gasteiger charge is -2.30. The van der Waals surface area contributed by atoms with E-state index in [1.807, 2.05) is 30.3 Å². The summed E-state index contributed by atoms with van der Waals surface area (Å²) in [5.41, 5.74) is 0. The van der Waals surface area contributed by atoms with Crippen LogP contribution in [-0.2, 0) is 10.8 Å². The number of rotatable bonds is 10. The highest BCUT2D eigenvalue weighted by molar-refractivity contribution is 7.85. The molecule has 5 nitrogen and oxygen atoms in total. The minimum atomic E-state index is -0.978. The molecule has 0 aromatic heterocycles. The summed E-state index contributed by atoms with van der Waals surface area (Å²) in [6.07, 6.45) is 1.06. The second-order valence-corrected chi connectivity index (χ2v) is 8.14. The average molecular weight is 367 g/mol. The number of guanidine groups is 1. The van der Waals surface area contributed by atoms with Crippen molar-refractivity contribution in [2.45, 2.75) is 51.1 Å². The lowest BCUT2D eigenvalue weighted by atomic mass is 10.2. The Kier molecular flexibility index (Phi) is 10.4. The van der Waals surface area contributed by atoms with Crippen LogP contribution in [0.25, 0.3) is 0 Å². The quantitative estimate of drug-likeness (QED) is 0.379. The van der Waals surface area contributed by atoms with Gasteiger partial charge in [0, 0.05) is 49.4 Å². The Morgan fingerprint density at radius 2 is 1.68 bits per heavy atom. The molecule has 0 radical (unpaired) electrons. The first-order valence-electron chi connectivity index (χ1n) is 9.09. The number of hydrogen-bond acceptors (Lipinski definition) is 3. The monoisotopic (exact) mass is 366 g/mol. The fourth-order valence-electron chi connectivity index (χ4n) is 2.75. The van der Waals surface area contributed by atoms with Crippen LogP contribution in [0.2, 0.25) is 0 Å². The molecule has 0 saturated carbocycles. The van der Waals surface area contributed by atoms with E-state index in [2.05, 4.69) is 48.2 Å². The predicted molar refractivity (Wildman–Crippen MR) is 109 cm³/mol. The molecule has 0 saturated heterocycles. The Labute approximate surface area is 155 Å². The van der Waals surface area contributed by atoms with Crippen LogP contribution in [-0.4, -0.2) is 59.6 Å². The molecule has 2 N–H and O–H groups in total. The van der Waals surface area contributed by atoms with Gasteiger partial charge in [-0.05, 0) is 46.2 Å². The number of nitrogens with one attached hydrogen (secondary N) is 2. The number of hydrogen-bond donors (Lipinski definition) is 2. The van der Waals surface area contributed by atoms with E-state index in [-0.39, 0.29) is 0 Å². The molecule has 142 valence electrons. The summed E-state index contributed by atoms with van der Waals surface area (Å²) in [5.74, 6) is 1.34. The van der Waals surface area contributed by atoms with Crippen LogP contribution >= 0.6 is 0 Å². The fourth-order valence-corrected chi connectivity index (χ4v) is 3.74. The standard InChI is InChI=1S/C19H34N4OS/c1-16(2)23(17(3)4)14-9-12-21-19(20-5)22-13-15-25(24)18-10-7-6-8-11-18/h6-8,10-11,16-17H,9,12-15H2,1-5H3,(H2,20,21,22). The van der Waals surface area contributed by atoms with E-state index in [1.54, 1.807) is 7.05 Å². The Morgan fingerprint density at radius 3 is 2.24 bits per heavy atom. The zero-order valence-electron chi connectivity index (χ0n) is 16.3. The molecule has 0 amide bonds. The average Bonchev–Trinajstić information content (AvgIpc) is 2.59. The van der Waals surface area contributed by atoms with Gasteiger partial charge in [0.25, 0.3) is 0 Å². The minimum absolute atomic E-state index is 0.561. The molecule has 0 fully saturated rings. The molecule has 25 heavy (non-hydrogen) atoms. The molecule has 1 atom stereocenters. The van der Waals surface area contributed by atoms with Crippen LogP contribution in [0.15, 0.2) is 40.2 Å². The van der Waals surface area contributed by atoms with Crippen LogP contribution in [0.5, 0.6) is 0 Å². The Balaban J connectivity index is 2.25. The minimum Gasteiger partial charge on any atom is -0.356 e. The molecule has 1 unspecified atom stereocenters. The molecule has 0 bridgehead atoms. The molecular formula is C19H34N4OS. The molecule has 6 heteroatoms. The van der Waals surface area contributed by atoms with Crippen molar-refractivity contribution in [2.75, 3.05) is 32.4 Å². The summed E-state index contributed by atoms with van der Waals surface area (Å²) in [5, 5.41) is 6.57. The third-order valence-electron chi connectivity index (χ3n) is 4.02. The van der Waals surface area contributed by atoms with Gasteiger partial charge in [-0.15, -0.1) is 0 Å². The summed E-state index contributed by atoms with van der Waals surface area (Å²) in [4.78, 5) is 7.58. The molecule has 1 aromatic rings. The van der Waals surface area contributed by atoms with E-state index >= 15 is 0 Å². The topological polar surface area (TPSA) is 56.7 Å². The van der Waals surface area contributed by atoms with E-state index in [0.29, 0.717) is 24.4 Å². The molecular weight excluding hydrogens is 332 g/mol. The lowest BCUT2D eigenvalue weighted by molar-refractivity contribution is 0.173. The Morgan fingerprint density at radius 1 is 1.08 bits per heavy atom. The van der Waals surface area contributed by atoms with E-state index in [4.69, 9.17) is 0 Å². The van der Waals surface area contributed by atoms with Crippen LogP contribution < -0.4 is 10.6 Å². The maximum Gasteiger partial charge on any atom is 0.191 e. The van der Waals surface area contributed by atoms with Crippen molar-refractivity contribution in [3.63, 3.8) is 0 Å². The first-order valence-corrected chi connectivity index (χ1v) is 10.4. The van der Waals surface area contributed by atoms with Gasteiger partial charge in [0.05, 0.1) is 10.8 Å². The molecule has 0 spiro atoms. The van der Waals surface area contributed by atoms with Gasteiger partial charge in [-0.1, -0.05) is 18.2 Å². The van der Waals surface area contributed by atoms with Gasteiger partial charge < -0.3 is 10.6 Å². The van der Waals surface area contributed by atoms with Gasteiger partial charge >= 0.3 is 0 Å². The van der Waals surface area contributed by atoms with Gasteiger partial charge in [0.2, 0.25) is 0 Å². The summed E-state index contributed by atoms with van der Waals surface area (Å²) < 4.78 is 12.2. The second kappa shape index (κ2) is 12.0. The van der Waals surface area contributed by atoms with Gasteiger partial charge in [0.15, 0.2) is 5.96 Å². The van der Waals surface area contributed by atoms with Gasteiger partial charge in [-0.3, -0.25) is 14.1 Å². The van der Waals surface area contributed by atoms with E-state index in [0.717, 1.165) is 30.4 Å². The van der Waals surface area contributed by atoms with E-state index in [9.17, 15) is 4.21 Å². The molecule has 0 aliphatic carbocycles.